The molecule has 0 amide bonds. The summed E-state index contributed by atoms with van der Waals surface area (Å²) < 4.78 is 60.2. The number of nitrogens with one attached hydrogen (secondary N) is 1. The Kier molecular flexibility index (Phi) is 5.64. The Morgan fingerprint density at radius 3 is 2.70 bits per heavy atom. The van der Waals surface area contributed by atoms with E-state index < -0.39 is 32.7 Å². The number of sulfonamides is 1. The van der Waals surface area contributed by atoms with Crippen LogP contribution in [0.4, 0.5) is 14.6 Å². The van der Waals surface area contributed by atoms with E-state index in [1.54, 1.807) is 13.0 Å². The zero-order valence-electron chi connectivity index (χ0n) is 13.8. The topological polar surface area (TPSA) is 68.3 Å². The standard InChI is InChI=1S/C17H13ClF2N2O3S2/c1-10(11-3-2-4-12(19)5-11)25-15-7-14(20)16(6-13(15)18)27(23,24)22-17-8-26-9-21-17/h2-10,22H,1H3/t10-/m0/s1. The number of aromatic nitrogens is 1. The molecule has 142 valence electrons. The van der Waals surface area contributed by atoms with Gasteiger partial charge in [0.15, 0.2) is 5.82 Å². The van der Waals surface area contributed by atoms with E-state index in [1.807, 2.05) is 0 Å². The van der Waals surface area contributed by atoms with E-state index in [2.05, 4.69) is 9.71 Å². The highest BCUT2D eigenvalue weighted by Crippen LogP contribution is 2.33. The number of halogens is 3. The van der Waals surface area contributed by atoms with Gasteiger partial charge in [-0.05, 0) is 30.7 Å². The molecule has 1 heterocycles. The molecule has 10 heteroatoms. The summed E-state index contributed by atoms with van der Waals surface area (Å²) in [6.07, 6.45) is -0.631. The summed E-state index contributed by atoms with van der Waals surface area (Å²) in [5.74, 6) is -1.45. The summed E-state index contributed by atoms with van der Waals surface area (Å²) in [7, 11) is -4.21. The molecule has 0 bridgehead atoms. The smallest absolute Gasteiger partial charge is 0.266 e. The zero-order chi connectivity index (χ0) is 19.6. The van der Waals surface area contributed by atoms with Crippen molar-refractivity contribution in [3.8, 4) is 5.75 Å². The summed E-state index contributed by atoms with van der Waals surface area (Å²) in [5, 5.41) is 1.37. The molecular formula is C17H13ClF2N2O3S2. The van der Waals surface area contributed by atoms with Crippen LogP contribution in [-0.4, -0.2) is 13.4 Å². The van der Waals surface area contributed by atoms with Crippen molar-refractivity contribution >= 4 is 38.8 Å². The van der Waals surface area contributed by atoms with E-state index in [-0.39, 0.29) is 16.6 Å². The normalized spacial score (nSPS) is 12.6. The quantitative estimate of drug-likeness (QED) is 0.596. The largest absolute Gasteiger partial charge is 0.484 e. The minimum atomic E-state index is -4.21. The SMILES string of the molecule is C[C@H](Oc1cc(F)c(S(=O)(=O)Nc2cscn2)cc1Cl)c1cccc(F)c1. The lowest BCUT2D eigenvalue weighted by Crippen LogP contribution is -2.15. The minimum absolute atomic E-state index is 0.0569. The van der Waals surface area contributed by atoms with Gasteiger partial charge in [-0.2, -0.15) is 0 Å². The summed E-state index contributed by atoms with van der Waals surface area (Å²) in [6.45, 7) is 1.64. The third-order valence-corrected chi connectivity index (χ3v) is 5.82. The highest BCUT2D eigenvalue weighted by molar-refractivity contribution is 7.92. The molecule has 3 rings (SSSR count). The first-order valence-electron chi connectivity index (χ1n) is 7.58. The lowest BCUT2D eigenvalue weighted by Gasteiger charge is -2.17. The Labute approximate surface area is 163 Å². The lowest BCUT2D eigenvalue weighted by atomic mass is 10.1. The van der Waals surface area contributed by atoms with Crippen LogP contribution in [-0.2, 0) is 10.0 Å². The van der Waals surface area contributed by atoms with Crippen LogP contribution in [0.25, 0.3) is 0 Å². The van der Waals surface area contributed by atoms with E-state index in [4.69, 9.17) is 16.3 Å². The Bertz CT molecular complexity index is 1060. The molecule has 0 saturated heterocycles. The molecule has 5 nitrogen and oxygen atoms in total. The number of nitrogens with zero attached hydrogens (tertiary/aromatic N) is 1. The van der Waals surface area contributed by atoms with Gasteiger partial charge in [0, 0.05) is 11.4 Å². The molecule has 1 atom stereocenters. The van der Waals surface area contributed by atoms with Gasteiger partial charge in [-0.3, -0.25) is 4.72 Å². The number of hydrogen-bond donors (Lipinski definition) is 1. The van der Waals surface area contributed by atoms with Gasteiger partial charge < -0.3 is 4.74 Å². The first kappa shape index (κ1) is 19.5. The van der Waals surface area contributed by atoms with Crippen LogP contribution in [0, 0.1) is 11.6 Å². The van der Waals surface area contributed by atoms with Crippen molar-refractivity contribution in [2.24, 2.45) is 0 Å². The van der Waals surface area contributed by atoms with Crippen LogP contribution in [0.3, 0.4) is 0 Å². The minimum Gasteiger partial charge on any atom is -0.484 e. The predicted molar refractivity (Wildman–Crippen MR) is 99.8 cm³/mol. The van der Waals surface area contributed by atoms with Crippen LogP contribution in [0.1, 0.15) is 18.6 Å². The Morgan fingerprint density at radius 2 is 2.04 bits per heavy atom. The van der Waals surface area contributed by atoms with Gasteiger partial charge in [-0.15, -0.1) is 11.3 Å². The summed E-state index contributed by atoms with van der Waals surface area (Å²) in [6, 6.07) is 7.58. The van der Waals surface area contributed by atoms with E-state index in [0.717, 1.165) is 12.1 Å². The van der Waals surface area contributed by atoms with E-state index in [9.17, 15) is 17.2 Å². The number of ether oxygens (including phenoxy) is 1. The van der Waals surface area contributed by atoms with Gasteiger partial charge in [0.1, 0.15) is 28.4 Å². The van der Waals surface area contributed by atoms with Crippen molar-refractivity contribution in [2.45, 2.75) is 17.9 Å². The number of benzene rings is 2. The van der Waals surface area contributed by atoms with Gasteiger partial charge >= 0.3 is 0 Å². The van der Waals surface area contributed by atoms with E-state index in [0.29, 0.717) is 5.56 Å². The molecule has 0 radical (unpaired) electrons. The second kappa shape index (κ2) is 7.79. The van der Waals surface area contributed by atoms with Gasteiger partial charge in [-0.25, -0.2) is 22.2 Å². The molecule has 3 aromatic rings. The second-order valence-corrected chi connectivity index (χ2v) is 8.28. The van der Waals surface area contributed by atoms with Crippen molar-refractivity contribution in [1.29, 1.82) is 0 Å². The fourth-order valence-electron chi connectivity index (χ4n) is 2.28. The molecule has 2 aromatic carbocycles. The van der Waals surface area contributed by atoms with E-state index >= 15 is 0 Å². The van der Waals surface area contributed by atoms with Gasteiger partial charge in [0.25, 0.3) is 10.0 Å². The Morgan fingerprint density at radius 1 is 1.26 bits per heavy atom. The van der Waals surface area contributed by atoms with E-state index in [1.165, 1.54) is 40.4 Å². The summed E-state index contributed by atoms with van der Waals surface area (Å²) in [5.41, 5.74) is 1.96. The number of rotatable bonds is 6. The Hall–Kier alpha value is -2.23. The maximum Gasteiger partial charge on any atom is 0.266 e. The fourth-order valence-corrected chi connectivity index (χ4v) is 4.20. The highest BCUT2D eigenvalue weighted by atomic mass is 35.5. The van der Waals surface area contributed by atoms with Crippen molar-refractivity contribution < 1.29 is 21.9 Å². The molecule has 0 saturated carbocycles. The summed E-state index contributed by atoms with van der Waals surface area (Å²) in [4.78, 5) is 3.16. The molecule has 0 aliphatic carbocycles. The number of hydrogen-bond acceptors (Lipinski definition) is 5. The molecular weight excluding hydrogens is 418 g/mol. The van der Waals surface area contributed by atoms with Crippen molar-refractivity contribution in [2.75, 3.05) is 4.72 Å². The zero-order valence-corrected chi connectivity index (χ0v) is 16.2. The lowest BCUT2D eigenvalue weighted by molar-refractivity contribution is 0.225. The van der Waals surface area contributed by atoms with Crippen LogP contribution < -0.4 is 9.46 Å². The first-order valence-corrected chi connectivity index (χ1v) is 10.4. The Balaban J connectivity index is 1.86. The third-order valence-electron chi connectivity index (χ3n) is 3.57. The second-order valence-electron chi connectivity index (χ2n) is 5.51. The molecule has 0 fully saturated rings. The molecule has 27 heavy (non-hydrogen) atoms. The number of thiazole rings is 1. The number of anilines is 1. The van der Waals surface area contributed by atoms with Gasteiger partial charge in [0.05, 0.1) is 10.5 Å². The highest BCUT2D eigenvalue weighted by Gasteiger charge is 2.23. The molecule has 0 aliphatic rings. The average molecular weight is 431 g/mol. The third kappa shape index (κ3) is 4.55. The van der Waals surface area contributed by atoms with Crippen LogP contribution >= 0.6 is 22.9 Å². The van der Waals surface area contributed by atoms with Gasteiger partial charge in [-0.1, -0.05) is 23.7 Å². The monoisotopic (exact) mass is 430 g/mol. The first-order chi connectivity index (χ1) is 12.8. The fraction of sp³-hybridized carbons (Fsp3) is 0.118. The van der Waals surface area contributed by atoms with Gasteiger partial charge in [0.2, 0.25) is 0 Å². The maximum atomic E-state index is 14.4. The van der Waals surface area contributed by atoms with Crippen molar-refractivity contribution in [3.05, 3.63) is 69.5 Å². The molecule has 1 N–H and O–H groups in total. The van der Waals surface area contributed by atoms with Crippen LogP contribution in [0.5, 0.6) is 5.75 Å². The van der Waals surface area contributed by atoms with Crippen molar-refractivity contribution in [1.82, 2.24) is 4.98 Å². The molecule has 0 unspecified atom stereocenters. The summed E-state index contributed by atoms with van der Waals surface area (Å²) >= 11 is 7.27. The molecule has 0 aliphatic heterocycles. The predicted octanol–water partition coefficient (Wildman–Crippen LogP) is 5.02. The molecule has 0 spiro atoms. The van der Waals surface area contributed by atoms with Crippen LogP contribution in [0.15, 0.2) is 52.2 Å². The average Bonchev–Trinajstić information content (AvgIpc) is 3.09. The molecule has 1 aromatic heterocycles. The van der Waals surface area contributed by atoms with Crippen LogP contribution in [0.2, 0.25) is 5.02 Å². The maximum absolute atomic E-state index is 14.4. The van der Waals surface area contributed by atoms with Crippen molar-refractivity contribution in [3.63, 3.8) is 0 Å².